The third-order valence-electron chi connectivity index (χ3n) is 3.64. The number of methoxy groups -OCH3 is 1. The number of anilines is 2. The molecule has 7 nitrogen and oxygen atoms in total. The third-order valence-corrected chi connectivity index (χ3v) is 3.64. The van der Waals surface area contributed by atoms with E-state index < -0.39 is 0 Å². The summed E-state index contributed by atoms with van der Waals surface area (Å²) in [5, 5.41) is 5.84. The number of amides is 2. The van der Waals surface area contributed by atoms with Crippen molar-refractivity contribution >= 4 is 23.2 Å². The molecule has 27 heavy (non-hydrogen) atoms. The summed E-state index contributed by atoms with van der Waals surface area (Å²) in [6.45, 7) is 1.06. The predicted octanol–water partition coefficient (Wildman–Crippen LogP) is 2.46. The molecule has 0 aliphatic carbocycles. The first-order valence-electron chi connectivity index (χ1n) is 8.57. The van der Waals surface area contributed by atoms with E-state index in [0.717, 1.165) is 5.69 Å². The van der Waals surface area contributed by atoms with Crippen LogP contribution in [0.5, 0.6) is 5.75 Å². The van der Waals surface area contributed by atoms with Crippen LogP contribution in [0.15, 0.2) is 48.5 Å². The summed E-state index contributed by atoms with van der Waals surface area (Å²) in [6.07, 6.45) is 0. The van der Waals surface area contributed by atoms with Gasteiger partial charge in [0, 0.05) is 44.2 Å². The molecule has 144 valence electrons. The Labute approximate surface area is 159 Å². The van der Waals surface area contributed by atoms with Gasteiger partial charge in [-0.05, 0) is 30.3 Å². The SMILES string of the molecule is COCCOc1cccc(NCC(=O)Nc2cccc(C(=O)N(C)C)c2)c1. The highest BCUT2D eigenvalue weighted by atomic mass is 16.5. The molecule has 0 spiro atoms. The number of nitrogens with zero attached hydrogens (tertiary/aromatic N) is 1. The largest absolute Gasteiger partial charge is 0.491 e. The van der Waals surface area contributed by atoms with Crippen LogP contribution in [0, 0.1) is 0 Å². The van der Waals surface area contributed by atoms with Gasteiger partial charge in [0.15, 0.2) is 0 Å². The van der Waals surface area contributed by atoms with Crippen molar-refractivity contribution in [2.45, 2.75) is 0 Å². The summed E-state index contributed by atoms with van der Waals surface area (Å²) in [4.78, 5) is 25.7. The summed E-state index contributed by atoms with van der Waals surface area (Å²) >= 11 is 0. The van der Waals surface area contributed by atoms with Gasteiger partial charge in [0.25, 0.3) is 5.91 Å². The second-order valence-electron chi connectivity index (χ2n) is 6.05. The highest BCUT2D eigenvalue weighted by molar-refractivity contribution is 5.97. The number of carbonyl (C=O) groups is 2. The van der Waals surface area contributed by atoms with E-state index >= 15 is 0 Å². The molecule has 0 aliphatic rings. The molecule has 0 radical (unpaired) electrons. The first-order chi connectivity index (χ1) is 13.0. The molecule has 2 aromatic carbocycles. The Bertz CT molecular complexity index is 777. The molecule has 0 saturated heterocycles. The van der Waals surface area contributed by atoms with Crippen molar-refractivity contribution in [2.24, 2.45) is 0 Å². The van der Waals surface area contributed by atoms with Gasteiger partial charge in [-0.25, -0.2) is 0 Å². The van der Waals surface area contributed by atoms with Gasteiger partial charge in [-0.2, -0.15) is 0 Å². The van der Waals surface area contributed by atoms with E-state index in [2.05, 4.69) is 10.6 Å². The van der Waals surface area contributed by atoms with Crippen LogP contribution in [0.3, 0.4) is 0 Å². The molecule has 0 aliphatic heterocycles. The number of hydrogen-bond acceptors (Lipinski definition) is 5. The van der Waals surface area contributed by atoms with Crippen LogP contribution in [0.25, 0.3) is 0 Å². The Morgan fingerprint density at radius 1 is 1.00 bits per heavy atom. The Balaban J connectivity index is 1.88. The van der Waals surface area contributed by atoms with E-state index in [4.69, 9.17) is 9.47 Å². The van der Waals surface area contributed by atoms with Crippen molar-refractivity contribution in [3.63, 3.8) is 0 Å². The van der Waals surface area contributed by atoms with E-state index in [9.17, 15) is 9.59 Å². The molecule has 0 aromatic heterocycles. The van der Waals surface area contributed by atoms with Gasteiger partial charge in [0.05, 0.1) is 13.2 Å². The summed E-state index contributed by atoms with van der Waals surface area (Å²) in [5.74, 6) is 0.372. The first kappa shape index (κ1) is 20.3. The molecule has 2 N–H and O–H groups in total. The van der Waals surface area contributed by atoms with Crippen molar-refractivity contribution in [3.8, 4) is 5.75 Å². The molecule has 2 aromatic rings. The number of ether oxygens (including phenoxy) is 2. The molecular weight excluding hydrogens is 346 g/mol. The van der Waals surface area contributed by atoms with Gasteiger partial charge < -0.3 is 25.0 Å². The van der Waals surface area contributed by atoms with E-state index in [1.54, 1.807) is 45.5 Å². The molecule has 2 rings (SSSR count). The average molecular weight is 371 g/mol. The second-order valence-corrected chi connectivity index (χ2v) is 6.05. The van der Waals surface area contributed by atoms with Crippen LogP contribution in [-0.2, 0) is 9.53 Å². The fourth-order valence-corrected chi connectivity index (χ4v) is 2.31. The highest BCUT2D eigenvalue weighted by Crippen LogP contribution is 2.17. The number of benzene rings is 2. The molecule has 0 atom stereocenters. The molecule has 2 amide bonds. The number of rotatable bonds is 9. The van der Waals surface area contributed by atoms with Crippen LogP contribution in [0.2, 0.25) is 0 Å². The normalized spacial score (nSPS) is 10.2. The van der Waals surface area contributed by atoms with Gasteiger partial charge in [-0.1, -0.05) is 12.1 Å². The zero-order chi connectivity index (χ0) is 19.6. The fraction of sp³-hybridized carbons (Fsp3) is 0.300. The van der Waals surface area contributed by atoms with E-state index in [1.165, 1.54) is 4.90 Å². The van der Waals surface area contributed by atoms with E-state index in [-0.39, 0.29) is 18.4 Å². The average Bonchev–Trinajstić information content (AvgIpc) is 2.66. The summed E-state index contributed by atoms with van der Waals surface area (Å²) < 4.78 is 10.5. The number of carbonyl (C=O) groups excluding carboxylic acids is 2. The maximum Gasteiger partial charge on any atom is 0.253 e. The van der Waals surface area contributed by atoms with Crippen LogP contribution in [-0.4, -0.2) is 57.7 Å². The second kappa shape index (κ2) is 10.2. The molecule has 0 saturated carbocycles. The Morgan fingerprint density at radius 3 is 2.48 bits per heavy atom. The molecule has 0 bridgehead atoms. The maximum atomic E-state index is 12.2. The van der Waals surface area contributed by atoms with Gasteiger partial charge in [-0.3, -0.25) is 9.59 Å². The number of hydrogen-bond donors (Lipinski definition) is 2. The Kier molecular flexibility index (Phi) is 7.63. The number of nitrogens with one attached hydrogen (secondary N) is 2. The quantitative estimate of drug-likeness (QED) is 0.662. The molecule has 0 heterocycles. The Hall–Kier alpha value is -3.06. The van der Waals surface area contributed by atoms with Gasteiger partial charge in [0.1, 0.15) is 12.4 Å². The zero-order valence-corrected chi connectivity index (χ0v) is 15.8. The van der Waals surface area contributed by atoms with E-state index in [0.29, 0.717) is 30.2 Å². The Morgan fingerprint density at radius 2 is 1.74 bits per heavy atom. The lowest BCUT2D eigenvalue weighted by atomic mass is 10.2. The van der Waals surface area contributed by atoms with Crippen LogP contribution in [0.1, 0.15) is 10.4 Å². The summed E-state index contributed by atoms with van der Waals surface area (Å²) in [7, 11) is 4.99. The smallest absolute Gasteiger partial charge is 0.253 e. The lowest BCUT2D eigenvalue weighted by Gasteiger charge is -2.12. The van der Waals surface area contributed by atoms with Gasteiger partial charge in [0.2, 0.25) is 5.91 Å². The van der Waals surface area contributed by atoms with E-state index in [1.807, 2.05) is 24.3 Å². The first-order valence-corrected chi connectivity index (χ1v) is 8.57. The summed E-state index contributed by atoms with van der Waals surface area (Å²) in [5.41, 5.74) is 1.87. The fourth-order valence-electron chi connectivity index (χ4n) is 2.31. The zero-order valence-electron chi connectivity index (χ0n) is 15.8. The maximum absolute atomic E-state index is 12.2. The molecular formula is C20H25N3O4. The monoisotopic (exact) mass is 371 g/mol. The van der Waals surface area contributed by atoms with Crippen LogP contribution in [0.4, 0.5) is 11.4 Å². The van der Waals surface area contributed by atoms with Crippen molar-refractivity contribution in [2.75, 3.05) is 51.6 Å². The third kappa shape index (κ3) is 6.63. The van der Waals surface area contributed by atoms with Gasteiger partial charge >= 0.3 is 0 Å². The molecule has 7 heteroatoms. The minimum absolute atomic E-state index is 0.0907. The van der Waals surface area contributed by atoms with Crippen molar-refractivity contribution in [3.05, 3.63) is 54.1 Å². The van der Waals surface area contributed by atoms with Crippen molar-refractivity contribution in [1.82, 2.24) is 4.90 Å². The standard InChI is InChI=1S/C20H25N3O4/c1-23(2)20(25)15-6-4-8-17(12-15)22-19(24)14-21-16-7-5-9-18(13-16)27-11-10-26-3/h4-9,12-13,21H,10-11,14H2,1-3H3,(H,22,24). The summed E-state index contributed by atoms with van der Waals surface area (Å²) in [6, 6.07) is 14.2. The molecule has 0 fully saturated rings. The molecule has 0 unspecified atom stereocenters. The lowest BCUT2D eigenvalue weighted by molar-refractivity contribution is -0.114. The van der Waals surface area contributed by atoms with Crippen LogP contribution >= 0.6 is 0 Å². The minimum atomic E-state index is -0.213. The lowest BCUT2D eigenvalue weighted by Crippen LogP contribution is -2.23. The van der Waals surface area contributed by atoms with Crippen molar-refractivity contribution in [1.29, 1.82) is 0 Å². The van der Waals surface area contributed by atoms with Crippen LogP contribution < -0.4 is 15.4 Å². The van der Waals surface area contributed by atoms with Gasteiger partial charge in [-0.15, -0.1) is 0 Å². The topological polar surface area (TPSA) is 79.9 Å². The minimum Gasteiger partial charge on any atom is -0.491 e. The van der Waals surface area contributed by atoms with Crippen molar-refractivity contribution < 1.29 is 19.1 Å². The predicted molar refractivity (Wildman–Crippen MR) is 105 cm³/mol. The highest BCUT2D eigenvalue weighted by Gasteiger charge is 2.09.